The summed E-state index contributed by atoms with van der Waals surface area (Å²) in [6, 6.07) is 5.63. The van der Waals surface area contributed by atoms with Crippen LogP contribution in [-0.4, -0.2) is 11.2 Å². The first-order valence-corrected chi connectivity index (χ1v) is 4.83. The number of halogens is 1. The van der Waals surface area contributed by atoms with Crippen LogP contribution in [0.4, 0.5) is 4.39 Å². The summed E-state index contributed by atoms with van der Waals surface area (Å²) in [5.41, 5.74) is 0.779. The van der Waals surface area contributed by atoms with Gasteiger partial charge in [-0.1, -0.05) is 12.0 Å². The fraction of sp³-hybridized carbons (Fsp3) is 0.417. The second-order valence-corrected chi connectivity index (χ2v) is 3.19. The summed E-state index contributed by atoms with van der Waals surface area (Å²) in [4.78, 5) is 4.06. The third kappa shape index (κ3) is 4.61. The summed E-state index contributed by atoms with van der Waals surface area (Å²) in [5, 5.41) is 0. The maximum absolute atomic E-state index is 12.4. The molecule has 0 aromatic carbocycles. The molecule has 0 saturated carbocycles. The van der Waals surface area contributed by atoms with Crippen LogP contribution >= 0.6 is 0 Å². The number of rotatable bonds is 3. The van der Waals surface area contributed by atoms with Crippen LogP contribution in [0.3, 0.4) is 0 Å². The highest BCUT2D eigenvalue weighted by molar-refractivity contribution is 5.26. The van der Waals surface area contributed by atoms with Crippen molar-refractivity contribution in [3.8, 4) is 11.8 Å². The van der Waals surface area contributed by atoms with Crippen LogP contribution in [0.25, 0.3) is 0 Å². The van der Waals surface area contributed by atoms with Gasteiger partial charge in [-0.2, -0.15) is 0 Å². The minimum absolute atomic E-state index is 0.594. The lowest BCUT2D eigenvalue weighted by molar-refractivity contribution is 0.336. The first-order chi connectivity index (χ1) is 6.79. The van der Waals surface area contributed by atoms with Crippen LogP contribution in [0, 0.1) is 11.8 Å². The largest absolute Gasteiger partial charge is 0.248 e. The molecule has 1 aromatic rings. The molecule has 0 fully saturated rings. The van der Waals surface area contributed by atoms with E-state index >= 15 is 0 Å². The Bertz CT molecular complexity index is 308. The van der Waals surface area contributed by atoms with Gasteiger partial charge in [-0.15, -0.1) is 0 Å². The van der Waals surface area contributed by atoms with Crippen LogP contribution in [0.2, 0.25) is 0 Å². The molecule has 1 heterocycles. The molecule has 0 bridgehead atoms. The molecule has 0 saturated heterocycles. The van der Waals surface area contributed by atoms with Crippen molar-refractivity contribution in [2.75, 3.05) is 0 Å². The summed E-state index contributed by atoms with van der Waals surface area (Å²) in [6.07, 6.45) is 3.15. The first kappa shape index (κ1) is 10.7. The van der Waals surface area contributed by atoms with E-state index in [1.165, 1.54) is 0 Å². The Labute approximate surface area is 84.4 Å². The Morgan fingerprint density at radius 1 is 1.50 bits per heavy atom. The maximum Gasteiger partial charge on any atom is 0.113 e. The lowest BCUT2D eigenvalue weighted by Crippen LogP contribution is -1.90. The van der Waals surface area contributed by atoms with Crippen molar-refractivity contribution in [1.29, 1.82) is 0 Å². The number of pyridine rings is 1. The van der Waals surface area contributed by atoms with Gasteiger partial charge in [0.25, 0.3) is 0 Å². The summed E-state index contributed by atoms with van der Waals surface area (Å²) < 4.78 is 12.4. The highest BCUT2D eigenvalue weighted by atomic mass is 19.1. The first-order valence-electron chi connectivity index (χ1n) is 4.83. The Balaban J connectivity index is 2.28. The van der Waals surface area contributed by atoms with E-state index in [0.29, 0.717) is 6.42 Å². The van der Waals surface area contributed by atoms with Crippen molar-refractivity contribution in [3.05, 3.63) is 30.1 Å². The van der Waals surface area contributed by atoms with Crippen LogP contribution < -0.4 is 0 Å². The number of unbranched alkanes of at least 4 members (excludes halogenated alkanes) is 1. The number of aromatic nitrogens is 1. The van der Waals surface area contributed by atoms with Crippen molar-refractivity contribution in [2.45, 2.75) is 32.4 Å². The van der Waals surface area contributed by atoms with E-state index in [1.807, 2.05) is 18.2 Å². The van der Waals surface area contributed by atoms with Gasteiger partial charge in [0.15, 0.2) is 0 Å². The SMILES string of the molecule is CC(F)CCCC#Cc1ccccn1. The predicted octanol–water partition coefficient (Wildman–Crippen LogP) is 2.96. The van der Waals surface area contributed by atoms with Gasteiger partial charge < -0.3 is 0 Å². The van der Waals surface area contributed by atoms with Gasteiger partial charge in [-0.3, -0.25) is 0 Å². The van der Waals surface area contributed by atoms with E-state index < -0.39 is 6.17 Å². The maximum atomic E-state index is 12.4. The zero-order valence-electron chi connectivity index (χ0n) is 8.33. The Kier molecular flexibility index (Phi) is 4.71. The molecule has 1 atom stereocenters. The topological polar surface area (TPSA) is 12.9 Å². The second kappa shape index (κ2) is 6.15. The Morgan fingerprint density at radius 3 is 3.00 bits per heavy atom. The monoisotopic (exact) mass is 191 g/mol. The van der Waals surface area contributed by atoms with Crippen molar-refractivity contribution in [3.63, 3.8) is 0 Å². The third-order valence-corrected chi connectivity index (χ3v) is 1.79. The zero-order valence-corrected chi connectivity index (χ0v) is 8.33. The molecule has 0 radical (unpaired) electrons. The van der Waals surface area contributed by atoms with E-state index in [0.717, 1.165) is 18.5 Å². The molecular weight excluding hydrogens is 177 g/mol. The van der Waals surface area contributed by atoms with Crippen LogP contribution in [0.1, 0.15) is 31.9 Å². The average molecular weight is 191 g/mol. The van der Waals surface area contributed by atoms with Crippen molar-refractivity contribution in [2.24, 2.45) is 0 Å². The Morgan fingerprint density at radius 2 is 2.36 bits per heavy atom. The van der Waals surface area contributed by atoms with E-state index in [-0.39, 0.29) is 0 Å². The molecule has 0 N–H and O–H groups in total. The van der Waals surface area contributed by atoms with Crippen LogP contribution in [0.15, 0.2) is 24.4 Å². The van der Waals surface area contributed by atoms with Crippen LogP contribution in [-0.2, 0) is 0 Å². The minimum atomic E-state index is -0.716. The lowest BCUT2D eigenvalue weighted by atomic mass is 10.2. The molecule has 1 nitrogen and oxygen atoms in total. The summed E-state index contributed by atoms with van der Waals surface area (Å²) in [6.45, 7) is 1.58. The van der Waals surface area contributed by atoms with E-state index in [2.05, 4.69) is 16.8 Å². The normalized spacial score (nSPS) is 11.6. The van der Waals surface area contributed by atoms with Gasteiger partial charge >= 0.3 is 0 Å². The number of nitrogens with zero attached hydrogens (tertiary/aromatic N) is 1. The fourth-order valence-electron chi connectivity index (χ4n) is 1.06. The molecule has 1 unspecified atom stereocenters. The van der Waals surface area contributed by atoms with E-state index in [4.69, 9.17) is 0 Å². The molecular formula is C12H14FN. The highest BCUT2D eigenvalue weighted by Gasteiger charge is 1.94. The molecule has 0 amide bonds. The minimum Gasteiger partial charge on any atom is -0.248 e. The second-order valence-electron chi connectivity index (χ2n) is 3.19. The molecule has 14 heavy (non-hydrogen) atoms. The summed E-state index contributed by atoms with van der Waals surface area (Å²) in [5.74, 6) is 5.91. The van der Waals surface area contributed by atoms with Gasteiger partial charge in [-0.05, 0) is 37.8 Å². The molecule has 1 rings (SSSR count). The number of alkyl halides is 1. The molecule has 0 aliphatic carbocycles. The molecule has 2 heteroatoms. The van der Waals surface area contributed by atoms with Gasteiger partial charge in [-0.25, -0.2) is 9.37 Å². The summed E-state index contributed by atoms with van der Waals surface area (Å²) in [7, 11) is 0. The van der Waals surface area contributed by atoms with E-state index in [9.17, 15) is 4.39 Å². The van der Waals surface area contributed by atoms with E-state index in [1.54, 1.807) is 13.1 Å². The van der Waals surface area contributed by atoms with Gasteiger partial charge in [0.05, 0.1) is 6.17 Å². The van der Waals surface area contributed by atoms with Crippen molar-refractivity contribution < 1.29 is 4.39 Å². The number of hydrogen-bond donors (Lipinski definition) is 0. The summed E-state index contributed by atoms with van der Waals surface area (Å²) >= 11 is 0. The zero-order chi connectivity index (χ0) is 10.2. The fourth-order valence-corrected chi connectivity index (χ4v) is 1.06. The smallest absolute Gasteiger partial charge is 0.113 e. The van der Waals surface area contributed by atoms with Gasteiger partial charge in [0.1, 0.15) is 5.69 Å². The third-order valence-electron chi connectivity index (χ3n) is 1.79. The average Bonchev–Trinajstić information content (AvgIpc) is 2.18. The highest BCUT2D eigenvalue weighted by Crippen LogP contribution is 2.02. The standard InChI is InChI=1S/C12H14FN/c1-11(13)7-3-2-4-8-12-9-5-6-10-14-12/h5-6,9-11H,2-3,7H2,1H3. The van der Waals surface area contributed by atoms with Crippen molar-refractivity contribution in [1.82, 2.24) is 4.98 Å². The van der Waals surface area contributed by atoms with Gasteiger partial charge in [0, 0.05) is 12.6 Å². The predicted molar refractivity (Wildman–Crippen MR) is 55.5 cm³/mol. The quantitative estimate of drug-likeness (QED) is 0.528. The molecule has 0 spiro atoms. The van der Waals surface area contributed by atoms with Crippen molar-refractivity contribution >= 4 is 0 Å². The Hall–Kier alpha value is -1.36. The molecule has 0 aliphatic rings. The molecule has 74 valence electrons. The van der Waals surface area contributed by atoms with Gasteiger partial charge in [0.2, 0.25) is 0 Å². The molecule has 0 aliphatic heterocycles. The van der Waals surface area contributed by atoms with Crippen LogP contribution in [0.5, 0.6) is 0 Å². The number of hydrogen-bond acceptors (Lipinski definition) is 1. The lowest BCUT2D eigenvalue weighted by Gasteiger charge is -1.95. The molecule has 1 aromatic heterocycles.